The quantitative estimate of drug-likeness (QED) is 0.695. The number of halogens is 1. The maximum atomic E-state index is 13.6. The first-order chi connectivity index (χ1) is 11.3. The van der Waals surface area contributed by atoms with Gasteiger partial charge >= 0.3 is 0 Å². The SMILES string of the molecule is COc1ccc(C[NH2+]CCc2ccccc2F)c2ccccc12. The first-order valence-corrected chi connectivity index (χ1v) is 7.89. The largest absolute Gasteiger partial charge is 0.496 e. The Morgan fingerprint density at radius 2 is 1.61 bits per heavy atom. The van der Waals surface area contributed by atoms with Gasteiger partial charge in [0.1, 0.15) is 18.1 Å². The molecule has 0 unspecified atom stereocenters. The third-order valence-electron chi connectivity index (χ3n) is 4.13. The Morgan fingerprint density at radius 1 is 0.870 bits per heavy atom. The molecular weight excluding hydrogens is 289 g/mol. The topological polar surface area (TPSA) is 25.8 Å². The fourth-order valence-corrected chi connectivity index (χ4v) is 2.91. The summed E-state index contributed by atoms with van der Waals surface area (Å²) in [5.41, 5.74) is 2.05. The number of benzene rings is 3. The molecule has 0 aliphatic rings. The average molecular weight is 310 g/mol. The summed E-state index contributed by atoms with van der Waals surface area (Å²) in [6.45, 7) is 1.74. The van der Waals surface area contributed by atoms with Crippen LogP contribution in [0.4, 0.5) is 4.39 Å². The lowest BCUT2D eigenvalue weighted by Gasteiger charge is -2.10. The highest BCUT2D eigenvalue weighted by Gasteiger charge is 2.07. The fraction of sp³-hybridized carbons (Fsp3) is 0.200. The molecular formula is C20H21FNO+. The van der Waals surface area contributed by atoms with Crippen LogP contribution in [0, 0.1) is 5.82 Å². The van der Waals surface area contributed by atoms with Crippen molar-refractivity contribution in [1.82, 2.24) is 0 Å². The van der Waals surface area contributed by atoms with Crippen molar-refractivity contribution in [2.45, 2.75) is 13.0 Å². The van der Waals surface area contributed by atoms with Gasteiger partial charge in [-0.1, -0.05) is 42.5 Å². The lowest BCUT2D eigenvalue weighted by atomic mass is 10.0. The lowest BCUT2D eigenvalue weighted by molar-refractivity contribution is -0.670. The van der Waals surface area contributed by atoms with Crippen molar-refractivity contribution in [2.75, 3.05) is 13.7 Å². The Hall–Kier alpha value is -2.39. The molecule has 3 aromatic rings. The highest BCUT2D eigenvalue weighted by molar-refractivity contribution is 5.90. The molecule has 0 saturated carbocycles. The minimum atomic E-state index is -0.115. The average Bonchev–Trinajstić information content (AvgIpc) is 2.60. The van der Waals surface area contributed by atoms with Gasteiger partial charge < -0.3 is 10.1 Å². The number of rotatable bonds is 6. The zero-order valence-corrected chi connectivity index (χ0v) is 13.3. The summed E-state index contributed by atoms with van der Waals surface area (Å²) in [4.78, 5) is 0. The van der Waals surface area contributed by atoms with Gasteiger partial charge in [0.05, 0.1) is 13.7 Å². The molecule has 0 aliphatic heterocycles. The maximum Gasteiger partial charge on any atom is 0.126 e. The van der Waals surface area contributed by atoms with Crippen molar-refractivity contribution in [3.05, 3.63) is 77.6 Å². The van der Waals surface area contributed by atoms with E-state index in [0.717, 1.165) is 36.2 Å². The minimum absolute atomic E-state index is 0.115. The van der Waals surface area contributed by atoms with Crippen LogP contribution in [0.25, 0.3) is 10.8 Å². The molecule has 0 spiro atoms. The van der Waals surface area contributed by atoms with Crippen molar-refractivity contribution in [1.29, 1.82) is 0 Å². The Balaban J connectivity index is 1.67. The summed E-state index contributed by atoms with van der Waals surface area (Å²) >= 11 is 0. The van der Waals surface area contributed by atoms with Crippen LogP contribution >= 0.6 is 0 Å². The van der Waals surface area contributed by atoms with Gasteiger partial charge in [0.25, 0.3) is 0 Å². The van der Waals surface area contributed by atoms with Crippen molar-refractivity contribution in [3.8, 4) is 5.75 Å². The molecule has 0 bridgehead atoms. The van der Waals surface area contributed by atoms with Gasteiger partial charge in [0.2, 0.25) is 0 Å². The van der Waals surface area contributed by atoms with E-state index in [4.69, 9.17) is 4.74 Å². The molecule has 23 heavy (non-hydrogen) atoms. The zero-order chi connectivity index (χ0) is 16.1. The van der Waals surface area contributed by atoms with Crippen molar-refractivity contribution < 1.29 is 14.4 Å². The molecule has 3 heteroatoms. The minimum Gasteiger partial charge on any atom is -0.496 e. The van der Waals surface area contributed by atoms with Crippen LogP contribution in [0.3, 0.4) is 0 Å². The van der Waals surface area contributed by atoms with E-state index in [2.05, 4.69) is 23.5 Å². The standard InChI is InChI=1S/C20H20FNO/c1-23-20-11-10-16(17-7-3-4-8-18(17)20)14-22-13-12-15-6-2-5-9-19(15)21/h2-11,22H,12-14H2,1H3/p+1. The van der Waals surface area contributed by atoms with Crippen LogP contribution in [-0.4, -0.2) is 13.7 Å². The summed E-state index contributed by atoms with van der Waals surface area (Å²) in [7, 11) is 1.70. The van der Waals surface area contributed by atoms with E-state index in [0.29, 0.717) is 0 Å². The third kappa shape index (κ3) is 3.51. The van der Waals surface area contributed by atoms with Gasteiger partial charge in [-0.15, -0.1) is 0 Å². The third-order valence-corrected chi connectivity index (χ3v) is 4.13. The van der Waals surface area contributed by atoms with Gasteiger partial charge in [-0.05, 0) is 29.1 Å². The Kier molecular flexibility index (Phi) is 4.89. The van der Waals surface area contributed by atoms with E-state index in [-0.39, 0.29) is 5.82 Å². The van der Waals surface area contributed by atoms with Gasteiger partial charge in [-0.3, -0.25) is 0 Å². The normalized spacial score (nSPS) is 10.9. The predicted molar refractivity (Wildman–Crippen MR) is 91.1 cm³/mol. The smallest absolute Gasteiger partial charge is 0.126 e. The second-order valence-electron chi connectivity index (χ2n) is 5.60. The van der Waals surface area contributed by atoms with E-state index in [1.54, 1.807) is 13.2 Å². The predicted octanol–water partition coefficient (Wildman–Crippen LogP) is 3.29. The van der Waals surface area contributed by atoms with Crippen LogP contribution < -0.4 is 10.1 Å². The highest BCUT2D eigenvalue weighted by atomic mass is 19.1. The number of hydrogen-bond donors (Lipinski definition) is 1. The molecule has 2 N–H and O–H groups in total. The van der Waals surface area contributed by atoms with E-state index in [9.17, 15) is 4.39 Å². The molecule has 3 aromatic carbocycles. The molecule has 118 valence electrons. The summed E-state index contributed by atoms with van der Waals surface area (Å²) in [5.74, 6) is 0.784. The molecule has 0 saturated heterocycles. The van der Waals surface area contributed by atoms with E-state index >= 15 is 0 Å². The number of ether oxygens (including phenoxy) is 1. The van der Waals surface area contributed by atoms with Crippen LogP contribution in [0.2, 0.25) is 0 Å². The van der Waals surface area contributed by atoms with Crippen LogP contribution in [0.5, 0.6) is 5.75 Å². The molecule has 3 rings (SSSR count). The lowest BCUT2D eigenvalue weighted by Crippen LogP contribution is -2.83. The zero-order valence-electron chi connectivity index (χ0n) is 13.3. The second kappa shape index (κ2) is 7.25. The number of nitrogens with two attached hydrogens (primary N) is 1. The fourth-order valence-electron chi connectivity index (χ4n) is 2.91. The molecule has 2 nitrogen and oxygen atoms in total. The Labute approximate surface area is 135 Å². The molecule has 0 radical (unpaired) electrons. The summed E-state index contributed by atoms with van der Waals surface area (Å²) in [5, 5.41) is 4.57. The first kappa shape index (κ1) is 15.5. The van der Waals surface area contributed by atoms with Crippen molar-refractivity contribution >= 4 is 10.8 Å². The van der Waals surface area contributed by atoms with Gasteiger partial charge in [-0.25, -0.2) is 4.39 Å². The van der Waals surface area contributed by atoms with Crippen LogP contribution in [-0.2, 0) is 13.0 Å². The van der Waals surface area contributed by atoms with Crippen molar-refractivity contribution in [2.24, 2.45) is 0 Å². The number of fused-ring (bicyclic) bond motifs is 1. The van der Waals surface area contributed by atoms with Crippen molar-refractivity contribution in [3.63, 3.8) is 0 Å². The Morgan fingerprint density at radius 3 is 2.39 bits per heavy atom. The van der Waals surface area contributed by atoms with E-state index < -0.39 is 0 Å². The van der Waals surface area contributed by atoms with E-state index in [1.807, 2.05) is 30.3 Å². The maximum absolute atomic E-state index is 13.6. The first-order valence-electron chi connectivity index (χ1n) is 7.89. The molecule has 0 aliphatic carbocycles. The number of quaternary nitrogens is 1. The summed E-state index contributed by atoms with van der Waals surface area (Å²) < 4.78 is 19.0. The van der Waals surface area contributed by atoms with Gasteiger partial charge in [0, 0.05) is 17.4 Å². The molecule has 0 aromatic heterocycles. The summed E-state index contributed by atoms with van der Waals surface area (Å²) in [6, 6.07) is 19.4. The van der Waals surface area contributed by atoms with E-state index in [1.165, 1.54) is 17.0 Å². The Bertz CT molecular complexity index is 801. The molecule has 0 amide bonds. The second-order valence-corrected chi connectivity index (χ2v) is 5.60. The van der Waals surface area contributed by atoms with Gasteiger partial charge in [0.15, 0.2) is 0 Å². The molecule has 0 atom stereocenters. The molecule has 0 heterocycles. The van der Waals surface area contributed by atoms with Crippen LogP contribution in [0.15, 0.2) is 60.7 Å². The van der Waals surface area contributed by atoms with Gasteiger partial charge in [-0.2, -0.15) is 0 Å². The van der Waals surface area contributed by atoms with Crippen LogP contribution in [0.1, 0.15) is 11.1 Å². The summed E-state index contributed by atoms with van der Waals surface area (Å²) in [6.07, 6.45) is 0.737. The number of methoxy groups -OCH3 is 1. The number of hydrogen-bond acceptors (Lipinski definition) is 1. The monoisotopic (exact) mass is 310 g/mol. The molecule has 0 fully saturated rings. The highest BCUT2D eigenvalue weighted by Crippen LogP contribution is 2.27.